The van der Waals surface area contributed by atoms with E-state index in [2.05, 4.69) is 0 Å². The summed E-state index contributed by atoms with van der Waals surface area (Å²) < 4.78 is 12.6. The maximum Gasteiger partial charge on any atom is 0.243 e. The molecule has 0 radical (unpaired) electrons. The lowest BCUT2D eigenvalue weighted by Gasteiger charge is -2.18. The number of nitrogens with two attached hydrogens (primary N) is 1. The lowest BCUT2D eigenvalue weighted by Crippen LogP contribution is -2.40. The van der Waals surface area contributed by atoms with Crippen LogP contribution in [0.15, 0.2) is 24.3 Å². The summed E-state index contributed by atoms with van der Waals surface area (Å²) in [7, 11) is 0. The van der Waals surface area contributed by atoms with Crippen molar-refractivity contribution in [3.8, 4) is 0 Å². The standard InChI is InChI=1S/C10H13FN2O/c1-7(2)10(14)13(12)9-5-3-8(11)4-6-9/h3-7H,12H2,1-2H3. The first kappa shape index (κ1) is 10.7. The van der Waals surface area contributed by atoms with Crippen molar-refractivity contribution in [2.24, 2.45) is 11.8 Å². The molecule has 1 amide bonds. The molecule has 0 spiro atoms. The molecule has 0 saturated heterocycles. The largest absolute Gasteiger partial charge is 0.273 e. The highest BCUT2D eigenvalue weighted by Crippen LogP contribution is 2.13. The normalized spacial score (nSPS) is 10.4. The van der Waals surface area contributed by atoms with Crippen LogP contribution in [0.3, 0.4) is 0 Å². The first-order valence-electron chi connectivity index (χ1n) is 4.36. The second-order valence-electron chi connectivity index (χ2n) is 3.34. The molecule has 1 rings (SSSR count). The molecule has 14 heavy (non-hydrogen) atoms. The summed E-state index contributed by atoms with van der Waals surface area (Å²) in [6.07, 6.45) is 0. The molecule has 0 aliphatic heterocycles. The van der Waals surface area contributed by atoms with Crippen molar-refractivity contribution >= 4 is 11.6 Å². The van der Waals surface area contributed by atoms with Crippen LogP contribution in [0.2, 0.25) is 0 Å². The summed E-state index contributed by atoms with van der Waals surface area (Å²) in [5.41, 5.74) is 0.491. The Labute approximate surface area is 82.3 Å². The molecule has 0 bridgehead atoms. The molecule has 0 aromatic heterocycles. The number of halogens is 1. The van der Waals surface area contributed by atoms with E-state index in [0.29, 0.717) is 5.69 Å². The third-order valence-electron chi connectivity index (χ3n) is 1.84. The fourth-order valence-corrected chi connectivity index (χ4v) is 1.01. The summed E-state index contributed by atoms with van der Waals surface area (Å²) in [5, 5.41) is 1.03. The topological polar surface area (TPSA) is 46.3 Å². The predicted octanol–water partition coefficient (Wildman–Crippen LogP) is 1.69. The Balaban J connectivity index is 2.84. The van der Waals surface area contributed by atoms with Gasteiger partial charge in [-0.1, -0.05) is 13.8 Å². The lowest BCUT2D eigenvalue weighted by molar-refractivity contribution is -0.121. The summed E-state index contributed by atoms with van der Waals surface area (Å²) in [5.74, 6) is 4.83. The Morgan fingerprint density at radius 1 is 1.36 bits per heavy atom. The third kappa shape index (κ3) is 2.29. The van der Waals surface area contributed by atoms with Crippen LogP contribution < -0.4 is 10.9 Å². The lowest BCUT2D eigenvalue weighted by atomic mass is 10.2. The molecular weight excluding hydrogens is 183 g/mol. The number of hydrogen-bond donors (Lipinski definition) is 1. The molecule has 0 aliphatic rings. The van der Waals surface area contributed by atoms with E-state index in [4.69, 9.17) is 5.84 Å². The van der Waals surface area contributed by atoms with Crippen molar-refractivity contribution in [3.05, 3.63) is 30.1 Å². The monoisotopic (exact) mass is 196 g/mol. The van der Waals surface area contributed by atoms with E-state index >= 15 is 0 Å². The molecule has 0 fully saturated rings. The molecule has 0 atom stereocenters. The molecule has 4 heteroatoms. The predicted molar refractivity (Wildman–Crippen MR) is 52.9 cm³/mol. The van der Waals surface area contributed by atoms with E-state index in [1.807, 2.05) is 0 Å². The van der Waals surface area contributed by atoms with E-state index in [1.54, 1.807) is 13.8 Å². The van der Waals surface area contributed by atoms with Gasteiger partial charge in [-0.25, -0.2) is 15.2 Å². The Kier molecular flexibility index (Phi) is 3.19. The highest BCUT2D eigenvalue weighted by atomic mass is 19.1. The van der Waals surface area contributed by atoms with Gasteiger partial charge in [-0.05, 0) is 24.3 Å². The number of hydrogen-bond acceptors (Lipinski definition) is 2. The summed E-state index contributed by atoms with van der Waals surface area (Å²) in [6, 6.07) is 5.47. The van der Waals surface area contributed by atoms with Crippen molar-refractivity contribution < 1.29 is 9.18 Å². The zero-order chi connectivity index (χ0) is 10.7. The van der Waals surface area contributed by atoms with Crippen LogP contribution in [-0.2, 0) is 4.79 Å². The van der Waals surface area contributed by atoms with Gasteiger partial charge in [0.2, 0.25) is 5.91 Å². The van der Waals surface area contributed by atoms with Gasteiger partial charge in [-0.3, -0.25) is 4.79 Å². The molecule has 1 aromatic rings. The van der Waals surface area contributed by atoms with Crippen molar-refractivity contribution in [1.29, 1.82) is 0 Å². The van der Waals surface area contributed by atoms with Gasteiger partial charge in [0.15, 0.2) is 0 Å². The molecule has 1 aromatic carbocycles. The molecule has 3 nitrogen and oxygen atoms in total. The first-order chi connectivity index (χ1) is 6.52. The Morgan fingerprint density at radius 3 is 2.29 bits per heavy atom. The minimum absolute atomic E-state index is 0.176. The van der Waals surface area contributed by atoms with Gasteiger partial charge in [0.25, 0.3) is 0 Å². The average Bonchev–Trinajstić information content (AvgIpc) is 2.16. The first-order valence-corrected chi connectivity index (χ1v) is 4.36. The van der Waals surface area contributed by atoms with Crippen LogP contribution >= 0.6 is 0 Å². The van der Waals surface area contributed by atoms with E-state index in [0.717, 1.165) is 5.01 Å². The van der Waals surface area contributed by atoms with Gasteiger partial charge in [-0.15, -0.1) is 0 Å². The van der Waals surface area contributed by atoms with Gasteiger partial charge in [0, 0.05) is 5.92 Å². The zero-order valence-corrected chi connectivity index (χ0v) is 8.20. The maximum atomic E-state index is 12.6. The van der Waals surface area contributed by atoms with E-state index in [9.17, 15) is 9.18 Å². The smallest absolute Gasteiger partial charge is 0.243 e. The highest BCUT2D eigenvalue weighted by Gasteiger charge is 2.14. The van der Waals surface area contributed by atoms with Crippen molar-refractivity contribution in [2.45, 2.75) is 13.8 Å². The molecule has 0 aliphatic carbocycles. The maximum absolute atomic E-state index is 12.6. The fourth-order valence-electron chi connectivity index (χ4n) is 1.01. The minimum atomic E-state index is -0.348. The van der Waals surface area contributed by atoms with Crippen LogP contribution in [0.1, 0.15) is 13.8 Å². The molecule has 0 saturated carbocycles. The molecule has 0 unspecified atom stereocenters. The number of benzene rings is 1. The second-order valence-corrected chi connectivity index (χ2v) is 3.34. The quantitative estimate of drug-likeness (QED) is 0.444. The SMILES string of the molecule is CC(C)C(=O)N(N)c1ccc(F)cc1. The van der Waals surface area contributed by atoms with Crippen molar-refractivity contribution in [2.75, 3.05) is 5.01 Å². The Bertz CT molecular complexity index is 321. The van der Waals surface area contributed by atoms with Crippen LogP contribution in [-0.4, -0.2) is 5.91 Å². The van der Waals surface area contributed by atoms with Gasteiger partial charge >= 0.3 is 0 Å². The summed E-state index contributed by atoms with van der Waals surface area (Å²) in [6.45, 7) is 3.51. The second kappa shape index (κ2) is 4.19. The summed E-state index contributed by atoms with van der Waals surface area (Å²) >= 11 is 0. The van der Waals surface area contributed by atoms with E-state index < -0.39 is 0 Å². The Hall–Kier alpha value is -1.42. The van der Waals surface area contributed by atoms with Gasteiger partial charge in [0.05, 0.1) is 5.69 Å². The van der Waals surface area contributed by atoms with E-state index in [-0.39, 0.29) is 17.6 Å². The van der Waals surface area contributed by atoms with Crippen LogP contribution in [0.25, 0.3) is 0 Å². The Morgan fingerprint density at radius 2 is 1.86 bits per heavy atom. The van der Waals surface area contributed by atoms with Crippen LogP contribution in [0.5, 0.6) is 0 Å². The third-order valence-corrected chi connectivity index (χ3v) is 1.84. The van der Waals surface area contributed by atoms with E-state index in [1.165, 1.54) is 24.3 Å². The fraction of sp³-hybridized carbons (Fsp3) is 0.300. The minimum Gasteiger partial charge on any atom is -0.273 e. The van der Waals surface area contributed by atoms with Gasteiger partial charge < -0.3 is 0 Å². The highest BCUT2D eigenvalue weighted by molar-refractivity contribution is 5.93. The number of anilines is 1. The van der Waals surface area contributed by atoms with Crippen LogP contribution in [0.4, 0.5) is 10.1 Å². The zero-order valence-electron chi connectivity index (χ0n) is 8.20. The molecule has 2 N–H and O–H groups in total. The van der Waals surface area contributed by atoms with Gasteiger partial charge in [0.1, 0.15) is 5.82 Å². The number of hydrazine groups is 1. The average molecular weight is 196 g/mol. The number of carbonyl (C=O) groups is 1. The van der Waals surface area contributed by atoms with Gasteiger partial charge in [-0.2, -0.15) is 0 Å². The molecule has 0 heterocycles. The molecule has 76 valence electrons. The van der Waals surface area contributed by atoms with Crippen molar-refractivity contribution in [1.82, 2.24) is 0 Å². The number of rotatable bonds is 2. The number of amides is 1. The summed E-state index contributed by atoms with van der Waals surface area (Å²) in [4.78, 5) is 11.4. The van der Waals surface area contributed by atoms with Crippen LogP contribution in [0, 0.1) is 11.7 Å². The number of nitrogens with zero attached hydrogens (tertiary/aromatic N) is 1. The molecular formula is C10H13FN2O. The number of carbonyl (C=O) groups excluding carboxylic acids is 1. The van der Waals surface area contributed by atoms with Crippen molar-refractivity contribution in [3.63, 3.8) is 0 Å².